The Morgan fingerprint density at radius 1 is 1.10 bits per heavy atom. The highest BCUT2D eigenvalue weighted by Gasteiger charge is 2.14. The van der Waals surface area contributed by atoms with Crippen LogP contribution in [-0.2, 0) is 0 Å². The molecule has 0 heterocycles. The van der Waals surface area contributed by atoms with E-state index in [9.17, 15) is 0 Å². The van der Waals surface area contributed by atoms with E-state index in [-0.39, 0.29) is 6.04 Å². The van der Waals surface area contributed by atoms with Gasteiger partial charge in [-0.05, 0) is 60.8 Å². The van der Waals surface area contributed by atoms with Crippen molar-refractivity contribution in [2.45, 2.75) is 26.3 Å². The quantitative estimate of drug-likeness (QED) is 0.749. The Labute approximate surface area is 134 Å². The van der Waals surface area contributed by atoms with E-state index in [1.807, 2.05) is 12.1 Å². The van der Waals surface area contributed by atoms with Crippen LogP contribution in [-0.4, -0.2) is 6.54 Å². The first-order valence-corrected chi connectivity index (χ1v) is 8.03. The van der Waals surface area contributed by atoms with E-state index in [2.05, 4.69) is 65.4 Å². The largest absolute Gasteiger partial charge is 0.306 e. The third kappa shape index (κ3) is 4.08. The van der Waals surface area contributed by atoms with Gasteiger partial charge >= 0.3 is 0 Å². The highest BCUT2D eigenvalue weighted by atomic mass is 79.9. The summed E-state index contributed by atoms with van der Waals surface area (Å²) in [5.41, 5.74) is 3.65. The molecule has 0 saturated heterocycles. The first kappa shape index (κ1) is 15.6. The molecule has 0 aliphatic carbocycles. The zero-order valence-corrected chi connectivity index (χ0v) is 14.1. The Bertz CT molecular complexity index is 545. The number of halogens is 2. The van der Waals surface area contributed by atoms with Crippen molar-refractivity contribution in [1.29, 1.82) is 0 Å². The Morgan fingerprint density at radius 3 is 2.40 bits per heavy atom. The van der Waals surface area contributed by atoms with Gasteiger partial charge in [-0.3, -0.25) is 0 Å². The third-order valence-electron chi connectivity index (χ3n) is 3.20. The SMILES string of the molecule is CCCNC(c1ccc(Br)cc1)c1cc(C)cc(Cl)c1. The van der Waals surface area contributed by atoms with E-state index in [4.69, 9.17) is 11.6 Å². The molecule has 1 atom stereocenters. The minimum atomic E-state index is 0.181. The van der Waals surface area contributed by atoms with Gasteiger partial charge < -0.3 is 5.32 Å². The van der Waals surface area contributed by atoms with E-state index in [0.717, 1.165) is 22.5 Å². The zero-order valence-electron chi connectivity index (χ0n) is 11.8. The maximum Gasteiger partial charge on any atom is 0.0577 e. The van der Waals surface area contributed by atoms with Crippen LogP contribution >= 0.6 is 27.5 Å². The molecule has 0 aromatic heterocycles. The molecular formula is C17H19BrClN. The van der Waals surface area contributed by atoms with Crippen molar-refractivity contribution >= 4 is 27.5 Å². The molecule has 2 aromatic rings. The number of nitrogens with one attached hydrogen (secondary N) is 1. The van der Waals surface area contributed by atoms with Crippen LogP contribution in [0.1, 0.15) is 36.1 Å². The second kappa shape index (κ2) is 7.26. The lowest BCUT2D eigenvalue weighted by Crippen LogP contribution is -2.23. The fraction of sp³-hybridized carbons (Fsp3) is 0.294. The van der Waals surface area contributed by atoms with E-state index in [1.54, 1.807) is 0 Å². The fourth-order valence-electron chi connectivity index (χ4n) is 2.30. The van der Waals surface area contributed by atoms with Gasteiger partial charge in [0.1, 0.15) is 0 Å². The predicted octanol–water partition coefficient (Wildman–Crippen LogP) is 5.50. The molecule has 2 rings (SSSR count). The predicted molar refractivity (Wildman–Crippen MR) is 90.5 cm³/mol. The van der Waals surface area contributed by atoms with Crippen molar-refractivity contribution in [3.63, 3.8) is 0 Å². The molecule has 3 heteroatoms. The first-order chi connectivity index (χ1) is 9.60. The number of hydrogen-bond donors (Lipinski definition) is 1. The second-order valence-corrected chi connectivity index (χ2v) is 6.35. The van der Waals surface area contributed by atoms with Crippen molar-refractivity contribution in [2.24, 2.45) is 0 Å². The molecule has 20 heavy (non-hydrogen) atoms. The Hall–Kier alpha value is -0.830. The zero-order chi connectivity index (χ0) is 14.5. The van der Waals surface area contributed by atoms with Gasteiger partial charge in [0, 0.05) is 9.50 Å². The molecule has 0 aliphatic rings. The van der Waals surface area contributed by atoms with E-state index < -0.39 is 0 Å². The topological polar surface area (TPSA) is 12.0 Å². The molecule has 106 valence electrons. The van der Waals surface area contributed by atoms with Crippen LogP contribution in [0, 0.1) is 6.92 Å². The summed E-state index contributed by atoms with van der Waals surface area (Å²) in [6.45, 7) is 5.23. The summed E-state index contributed by atoms with van der Waals surface area (Å²) in [6, 6.07) is 14.9. The molecule has 0 spiro atoms. The average molecular weight is 353 g/mol. The minimum Gasteiger partial charge on any atom is -0.306 e. The average Bonchev–Trinajstić information content (AvgIpc) is 2.40. The van der Waals surface area contributed by atoms with Gasteiger partial charge in [-0.15, -0.1) is 0 Å². The lowest BCUT2D eigenvalue weighted by molar-refractivity contribution is 0.598. The van der Waals surface area contributed by atoms with Crippen LogP contribution in [0.4, 0.5) is 0 Å². The minimum absolute atomic E-state index is 0.181. The highest BCUT2D eigenvalue weighted by Crippen LogP contribution is 2.27. The Kier molecular flexibility index (Phi) is 5.64. The Balaban J connectivity index is 2.38. The number of hydrogen-bond acceptors (Lipinski definition) is 1. The molecule has 0 bridgehead atoms. The van der Waals surface area contributed by atoms with Gasteiger partial charge in [0.05, 0.1) is 6.04 Å². The summed E-state index contributed by atoms with van der Waals surface area (Å²) in [5, 5.41) is 4.39. The molecule has 1 nitrogen and oxygen atoms in total. The molecule has 1 unspecified atom stereocenters. The van der Waals surface area contributed by atoms with Crippen LogP contribution < -0.4 is 5.32 Å². The van der Waals surface area contributed by atoms with Crippen molar-refractivity contribution < 1.29 is 0 Å². The summed E-state index contributed by atoms with van der Waals surface area (Å²) in [6.07, 6.45) is 1.10. The standard InChI is InChI=1S/C17H19BrClN/c1-3-8-20-17(13-4-6-15(18)7-5-13)14-9-12(2)10-16(19)11-14/h4-7,9-11,17,20H,3,8H2,1-2H3. The van der Waals surface area contributed by atoms with Crippen LogP contribution in [0.5, 0.6) is 0 Å². The number of rotatable bonds is 5. The number of benzene rings is 2. The normalized spacial score (nSPS) is 12.4. The maximum absolute atomic E-state index is 6.21. The molecular weight excluding hydrogens is 334 g/mol. The maximum atomic E-state index is 6.21. The molecule has 0 radical (unpaired) electrons. The first-order valence-electron chi connectivity index (χ1n) is 6.86. The third-order valence-corrected chi connectivity index (χ3v) is 3.95. The lowest BCUT2D eigenvalue weighted by Gasteiger charge is -2.20. The summed E-state index contributed by atoms with van der Waals surface area (Å²) in [5.74, 6) is 0. The molecule has 0 saturated carbocycles. The number of aryl methyl sites for hydroxylation is 1. The molecule has 0 amide bonds. The van der Waals surface area contributed by atoms with Gasteiger partial charge in [0.2, 0.25) is 0 Å². The smallest absolute Gasteiger partial charge is 0.0577 e. The van der Waals surface area contributed by atoms with Gasteiger partial charge in [-0.1, -0.05) is 52.7 Å². The molecule has 0 fully saturated rings. The van der Waals surface area contributed by atoms with Crippen molar-refractivity contribution in [3.8, 4) is 0 Å². The molecule has 2 aromatic carbocycles. The summed E-state index contributed by atoms with van der Waals surface area (Å²) >= 11 is 9.69. The Morgan fingerprint density at radius 2 is 1.80 bits per heavy atom. The van der Waals surface area contributed by atoms with Crippen molar-refractivity contribution in [1.82, 2.24) is 5.32 Å². The molecule has 1 N–H and O–H groups in total. The summed E-state index contributed by atoms with van der Waals surface area (Å²) < 4.78 is 1.10. The summed E-state index contributed by atoms with van der Waals surface area (Å²) in [7, 11) is 0. The van der Waals surface area contributed by atoms with E-state index in [1.165, 1.54) is 16.7 Å². The second-order valence-electron chi connectivity index (χ2n) is 5.00. The van der Waals surface area contributed by atoms with Crippen molar-refractivity contribution in [2.75, 3.05) is 6.54 Å². The van der Waals surface area contributed by atoms with Crippen LogP contribution in [0.15, 0.2) is 46.9 Å². The van der Waals surface area contributed by atoms with Crippen LogP contribution in [0.25, 0.3) is 0 Å². The van der Waals surface area contributed by atoms with Crippen LogP contribution in [0.3, 0.4) is 0 Å². The van der Waals surface area contributed by atoms with E-state index in [0.29, 0.717) is 0 Å². The van der Waals surface area contributed by atoms with Crippen LogP contribution in [0.2, 0.25) is 5.02 Å². The lowest BCUT2D eigenvalue weighted by atomic mass is 9.97. The van der Waals surface area contributed by atoms with Gasteiger partial charge in [-0.2, -0.15) is 0 Å². The van der Waals surface area contributed by atoms with Gasteiger partial charge in [0.15, 0.2) is 0 Å². The van der Waals surface area contributed by atoms with Crippen molar-refractivity contribution in [3.05, 3.63) is 68.7 Å². The fourth-order valence-corrected chi connectivity index (χ4v) is 2.87. The van der Waals surface area contributed by atoms with E-state index >= 15 is 0 Å². The highest BCUT2D eigenvalue weighted by molar-refractivity contribution is 9.10. The van der Waals surface area contributed by atoms with Gasteiger partial charge in [-0.25, -0.2) is 0 Å². The molecule has 0 aliphatic heterocycles. The summed E-state index contributed by atoms with van der Waals surface area (Å²) in [4.78, 5) is 0. The van der Waals surface area contributed by atoms with Gasteiger partial charge in [0.25, 0.3) is 0 Å². The monoisotopic (exact) mass is 351 g/mol.